The van der Waals surface area contributed by atoms with E-state index >= 15 is 0 Å². The van der Waals surface area contributed by atoms with Crippen LogP contribution in [0.4, 0.5) is 0 Å². The zero-order valence-electron chi connectivity index (χ0n) is 8.57. The second kappa shape index (κ2) is 5.56. The number of rotatable bonds is 4. The van der Waals surface area contributed by atoms with Crippen LogP contribution in [0.5, 0.6) is 0 Å². The summed E-state index contributed by atoms with van der Waals surface area (Å²) in [5.41, 5.74) is 0.471. The third-order valence-electron chi connectivity index (χ3n) is 1.87. The maximum absolute atomic E-state index is 11.6. The molecule has 0 bridgehead atoms. The fourth-order valence-electron chi connectivity index (χ4n) is 1.15. The average molecular weight is 225 g/mol. The Morgan fingerprint density at radius 2 is 2.40 bits per heavy atom. The van der Waals surface area contributed by atoms with Gasteiger partial charge in [0.2, 0.25) is 0 Å². The molecule has 0 saturated carbocycles. The van der Waals surface area contributed by atoms with Crippen LogP contribution in [0.25, 0.3) is 0 Å². The van der Waals surface area contributed by atoms with Gasteiger partial charge in [-0.25, -0.2) is 4.79 Å². The molecular weight excluding hydrogens is 212 g/mol. The highest BCUT2D eigenvalue weighted by Gasteiger charge is 2.10. The summed E-state index contributed by atoms with van der Waals surface area (Å²) in [6.45, 7) is 5.41. The topological polar surface area (TPSA) is 26.3 Å². The first-order valence-electron chi connectivity index (χ1n) is 4.71. The third kappa shape index (κ3) is 3.76. The molecule has 2 nitrogen and oxygen atoms in total. The Labute approximate surface area is 94.5 Å². The Hall–Kier alpha value is -1.28. The second-order valence-electron chi connectivity index (χ2n) is 3.25. The number of hydrogen-bond donors (Lipinski definition) is 0. The standard InChI is InChI=1S/C12H13ClO2/c1-3-5-9(2)15-12(14)10-6-4-7-11(13)8-10/h3-4,6-9H,1,5H2,2H3. The largest absolute Gasteiger partial charge is 0.459 e. The molecule has 0 spiro atoms. The molecule has 0 amide bonds. The van der Waals surface area contributed by atoms with Gasteiger partial charge in [0.1, 0.15) is 6.10 Å². The van der Waals surface area contributed by atoms with E-state index in [-0.39, 0.29) is 12.1 Å². The van der Waals surface area contributed by atoms with Crippen molar-refractivity contribution in [2.75, 3.05) is 0 Å². The maximum atomic E-state index is 11.6. The van der Waals surface area contributed by atoms with Gasteiger partial charge in [0, 0.05) is 11.4 Å². The molecule has 3 heteroatoms. The lowest BCUT2D eigenvalue weighted by molar-refractivity contribution is 0.0348. The number of halogens is 1. The first-order valence-corrected chi connectivity index (χ1v) is 5.08. The lowest BCUT2D eigenvalue weighted by Gasteiger charge is -2.10. The first kappa shape index (κ1) is 11.8. The monoisotopic (exact) mass is 224 g/mol. The molecule has 0 radical (unpaired) electrons. The summed E-state index contributed by atoms with van der Waals surface area (Å²) in [6, 6.07) is 6.70. The third-order valence-corrected chi connectivity index (χ3v) is 2.10. The second-order valence-corrected chi connectivity index (χ2v) is 3.69. The van der Waals surface area contributed by atoms with Crippen LogP contribution in [0.1, 0.15) is 23.7 Å². The van der Waals surface area contributed by atoms with Gasteiger partial charge in [-0.3, -0.25) is 0 Å². The molecule has 0 aliphatic heterocycles. The van der Waals surface area contributed by atoms with Gasteiger partial charge in [-0.2, -0.15) is 0 Å². The van der Waals surface area contributed by atoms with Crippen LogP contribution in [0, 0.1) is 0 Å². The van der Waals surface area contributed by atoms with E-state index in [1.807, 2.05) is 6.92 Å². The summed E-state index contributed by atoms with van der Waals surface area (Å²) in [5, 5.41) is 0.529. The van der Waals surface area contributed by atoms with Crippen molar-refractivity contribution in [3.05, 3.63) is 47.5 Å². The quantitative estimate of drug-likeness (QED) is 0.578. The van der Waals surface area contributed by atoms with Gasteiger partial charge in [-0.1, -0.05) is 23.7 Å². The highest BCUT2D eigenvalue weighted by atomic mass is 35.5. The van der Waals surface area contributed by atoms with Crippen LogP contribution >= 0.6 is 11.6 Å². The fourth-order valence-corrected chi connectivity index (χ4v) is 1.34. The normalized spacial score (nSPS) is 11.9. The lowest BCUT2D eigenvalue weighted by Crippen LogP contribution is -2.14. The van der Waals surface area contributed by atoms with Gasteiger partial charge in [0.15, 0.2) is 0 Å². The maximum Gasteiger partial charge on any atom is 0.338 e. The number of ether oxygens (including phenoxy) is 1. The molecule has 1 rings (SSSR count). The van der Waals surface area contributed by atoms with Gasteiger partial charge in [0.25, 0.3) is 0 Å². The predicted molar refractivity (Wildman–Crippen MR) is 61.1 cm³/mol. The Kier molecular flexibility index (Phi) is 4.37. The smallest absolute Gasteiger partial charge is 0.338 e. The summed E-state index contributed by atoms with van der Waals surface area (Å²) in [7, 11) is 0. The zero-order valence-corrected chi connectivity index (χ0v) is 9.33. The van der Waals surface area contributed by atoms with Gasteiger partial charge in [0.05, 0.1) is 5.56 Å². The minimum absolute atomic E-state index is 0.158. The molecule has 0 aliphatic rings. The van der Waals surface area contributed by atoms with Crippen LogP contribution < -0.4 is 0 Å². The van der Waals surface area contributed by atoms with E-state index in [1.165, 1.54) is 0 Å². The summed E-state index contributed by atoms with van der Waals surface area (Å²) in [5.74, 6) is -0.355. The van der Waals surface area contributed by atoms with Crippen molar-refractivity contribution in [3.63, 3.8) is 0 Å². The van der Waals surface area contributed by atoms with Crippen molar-refractivity contribution in [2.45, 2.75) is 19.4 Å². The van der Waals surface area contributed by atoms with Gasteiger partial charge in [-0.05, 0) is 25.1 Å². The number of carbonyl (C=O) groups is 1. The van der Waals surface area contributed by atoms with E-state index in [2.05, 4.69) is 6.58 Å². The number of esters is 1. The minimum Gasteiger partial charge on any atom is -0.459 e. The van der Waals surface area contributed by atoms with Gasteiger partial charge in [-0.15, -0.1) is 6.58 Å². The van der Waals surface area contributed by atoms with Crippen molar-refractivity contribution >= 4 is 17.6 Å². The van der Waals surface area contributed by atoms with Crippen LogP contribution in [0.15, 0.2) is 36.9 Å². The van der Waals surface area contributed by atoms with Crippen LogP contribution in [0.2, 0.25) is 5.02 Å². The molecule has 0 fully saturated rings. The molecule has 0 heterocycles. The molecule has 1 unspecified atom stereocenters. The van der Waals surface area contributed by atoms with Crippen molar-refractivity contribution in [1.29, 1.82) is 0 Å². The van der Waals surface area contributed by atoms with Crippen LogP contribution in [-0.2, 0) is 4.74 Å². The van der Waals surface area contributed by atoms with Gasteiger partial charge < -0.3 is 4.74 Å². The number of benzene rings is 1. The molecule has 0 aliphatic carbocycles. The predicted octanol–water partition coefficient (Wildman–Crippen LogP) is 3.46. The van der Waals surface area contributed by atoms with E-state index in [1.54, 1.807) is 30.3 Å². The van der Waals surface area contributed by atoms with Crippen molar-refractivity contribution in [1.82, 2.24) is 0 Å². The molecule has 1 aromatic carbocycles. The summed E-state index contributed by atoms with van der Waals surface area (Å²) >= 11 is 5.76. The molecule has 1 aromatic rings. The summed E-state index contributed by atoms with van der Waals surface area (Å²) in [6.07, 6.45) is 2.20. The van der Waals surface area contributed by atoms with E-state index in [4.69, 9.17) is 16.3 Å². The van der Waals surface area contributed by atoms with E-state index in [9.17, 15) is 4.79 Å². The Bertz CT molecular complexity index is 360. The molecule has 0 saturated heterocycles. The zero-order chi connectivity index (χ0) is 11.3. The van der Waals surface area contributed by atoms with E-state index < -0.39 is 0 Å². The Morgan fingerprint density at radius 1 is 1.67 bits per heavy atom. The summed E-state index contributed by atoms with van der Waals surface area (Å²) in [4.78, 5) is 11.6. The summed E-state index contributed by atoms with van der Waals surface area (Å²) < 4.78 is 5.16. The van der Waals surface area contributed by atoms with Crippen molar-refractivity contribution in [3.8, 4) is 0 Å². The molecule has 1 atom stereocenters. The SMILES string of the molecule is C=CCC(C)OC(=O)c1cccc(Cl)c1. The molecule has 0 aromatic heterocycles. The van der Waals surface area contributed by atoms with Crippen LogP contribution in [0.3, 0.4) is 0 Å². The lowest BCUT2D eigenvalue weighted by atomic mass is 10.2. The fraction of sp³-hybridized carbons (Fsp3) is 0.250. The number of hydrogen-bond acceptors (Lipinski definition) is 2. The Morgan fingerprint density at radius 3 is 3.00 bits per heavy atom. The molecular formula is C12H13ClO2. The average Bonchev–Trinajstić information content (AvgIpc) is 2.18. The Balaban J connectivity index is 2.65. The minimum atomic E-state index is -0.355. The number of carbonyl (C=O) groups excluding carboxylic acids is 1. The highest BCUT2D eigenvalue weighted by molar-refractivity contribution is 6.30. The molecule has 15 heavy (non-hydrogen) atoms. The van der Waals surface area contributed by atoms with Crippen molar-refractivity contribution < 1.29 is 9.53 Å². The molecule has 80 valence electrons. The van der Waals surface area contributed by atoms with E-state index in [0.29, 0.717) is 17.0 Å². The van der Waals surface area contributed by atoms with Gasteiger partial charge >= 0.3 is 5.97 Å². The molecule has 0 N–H and O–H groups in total. The van der Waals surface area contributed by atoms with E-state index in [0.717, 1.165) is 0 Å². The highest BCUT2D eigenvalue weighted by Crippen LogP contribution is 2.12. The van der Waals surface area contributed by atoms with Crippen molar-refractivity contribution in [2.24, 2.45) is 0 Å². The first-order chi connectivity index (χ1) is 7.13. The van der Waals surface area contributed by atoms with Crippen LogP contribution in [-0.4, -0.2) is 12.1 Å².